The van der Waals surface area contributed by atoms with Crippen LogP contribution < -0.4 is 0 Å². The van der Waals surface area contributed by atoms with Crippen LogP contribution in [0.2, 0.25) is 0 Å². The zero-order valence-corrected chi connectivity index (χ0v) is 10.3. The van der Waals surface area contributed by atoms with Crippen LogP contribution in [-0.2, 0) is 19.1 Å². The predicted octanol–water partition coefficient (Wildman–Crippen LogP) is 1.48. The first-order valence-corrected chi connectivity index (χ1v) is 6.12. The third-order valence-electron chi connectivity index (χ3n) is 1.87. The number of ether oxygens (including phenoxy) is 2. The van der Waals surface area contributed by atoms with Crippen LogP contribution in [0.25, 0.3) is 0 Å². The molecule has 1 unspecified atom stereocenters. The van der Waals surface area contributed by atoms with Gasteiger partial charge in [-0.05, 0) is 13.3 Å². The number of thioether (sulfide) groups is 1. The molecule has 5 heteroatoms. The van der Waals surface area contributed by atoms with Crippen LogP contribution in [0.15, 0.2) is 0 Å². The van der Waals surface area contributed by atoms with Crippen LogP contribution in [0.3, 0.4) is 0 Å². The highest BCUT2D eigenvalue weighted by atomic mass is 32.2. The first-order valence-electron chi connectivity index (χ1n) is 4.96. The van der Waals surface area contributed by atoms with Gasteiger partial charge in [0.05, 0.1) is 25.4 Å². The van der Waals surface area contributed by atoms with Gasteiger partial charge in [0, 0.05) is 5.75 Å². The van der Waals surface area contributed by atoms with E-state index in [9.17, 15) is 9.59 Å². The summed E-state index contributed by atoms with van der Waals surface area (Å²) in [6, 6.07) is 0. The fraction of sp³-hybridized carbons (Fsp3) is 0.800. The molecule has 4 nitrogen and oxygen atoms in total. The van der Waals surface area contributed by atoms with Gasteiger partial charge in [-0.3, -0.25) is 9.59 Å². The molecule has 0 rings (SSSR count). The summed E-state index contributed by atoms with van der Waals surface area (Å²) in [5, 5.41) is 0. The van der Waals surface area contributed by atoms with Crippen molar-refractivity contribution in [1.82, 2.24) is 0 Å². The van der Waals surface area contributed by atoms with E-state index in [1.807, 2.05) is 6.92 Å². The summed E-state index contributed by atoms with van der Waals surface area (Å²) in [4.78, 5) is 22.2. The van der Waals surface area contributed by atoms with Crippen molar-refractivity contribution in [3.05, 3.63) is 0 Å². The molecule has 15 heavy (non-hydrogen) atoms. The van der Waals surface area contributed by atoms with Crippen molar-refractivity contribution in [2.75, 3.05) is 25.2 Å². The Balaban J connectivity index is 3.72. The number of rotatable bonds is 7. The summed E-state index contributed by atoms with van der Waals surface area (Å²) in [5.41, 5.74) is 0. The largest absolute Gasteiger partial charge is 0.469 e. The molecular weight excluding hydrogens is 216 g/mol. The molecule has 0 aromatic rings. The van der Waals surface area contributed by atoms with Crippen molar-refractivity contribution in [1.29, 1.82) is 0 Å². The van der Waals surface area contributed by atoms with Crippen molar-refractivity contribution in [2.45, 2.75) is 20.3 Å². The lowest BCUT2D eigenvalue weighted by molar-refractivity contribution is -0.144. The molecule has 1 atom stereocenters. The Morgan fingerprint density at radius 1 is 1.33 bits per heavy atom. The maximum Gasteiger partial charge on any atom is 0.315 e. The number of esters is 2. The summed E-state index contributed by atoms with van der Waals surface area (Å²) in [7, 11) is 1.38. The van der Waals surface area contributed by atoms with E-state index in [-0.39, 0.29) is 17.9 Å². The summed E-state index contributed by atoms with van der Waals surface area (Å²) >= 11 is 1.40. The van der Waals surface area contributed by atoms with Gasteiger partial charge in [0.2, 0.25) is 0 Å². The number of carbonyl (C=O) groups excluding carboxylic acids is 2. The fourth-order valence-electron chi connectivity index (χ4n) is 1.01. The molecule has 0 aliphatic heterocycles. The van der Waals surface area contributed by atoms with Gasteiger partial charge in [0.15, 0.2) is 0 Å². The van der Waals surface area contributed by atoms with Gasteiger partial charge >= 0.3 is 11.9 Å². The summed E-state index contributed by atoms with van der Waals surface area (Å²) < 4.78 is 9.41. The van der Waals surface area contributed by atoms with Gasteiger partial charge in [0.25, 0.3) is 0 Å². The van der Waals surface area contributed by atoms with Crippen molar-refractivity contribution in [3.8, 4) is 0 Å². The Morgan fingerprint density at radius 2 is 2.00 bits per heavy atom. The maximum absolute atomic E-state index is 11.2. The van der Waals surface area contributed by atoms with Gasteiger partial charge in [-0.25, -0.2) is 0 Å². The lowest BCUT2D eigenvalue weighted by Gasteiger charge is -2.11. The maximum atomic E-state index is 11.2. The smallest absolute Gasteiger partial charge is 0.315 e. The number of carbonyl (C=O) groups is 2. The predicted molar refractivity (Wildman–Crippen MR) is 59.8 cm³/mol. The Bertz CT molecular complexity index is 206. The molecule has 0 aliphatic rings. The lowest BCUT2D eigenvalue weighted by atomic mass is 10.1. The van der Waals surface area contributed by atoms with Gasteiger partial charge < -0.3 is 9.47 Å². The Kier molecular flexibility index (Phi) is 8.18. The van der Waals surface area contributed by atoms with Crippen LogP contribution in [0.4, 0.5) is 0 Å². The lowest BCUT2D eigenvalue weighted by Crippen LogP contribution is -2.19. The second-order valence-electron chi connectivity index (χ2n) is 2.95. The highest BCUT2D eigenvalue weighted by molar-refractivity contribution is 7.99. The average Bonchev–Trinajstić information content (AvgIpc) is 2.24. The molecule has 0 spiro atoms. The third-order valence-corrected chi connectivity index (χ3v) is 2.95. The topological polar surface area (TPSA) is 52.6 Å². The second kappa shape index (κ2) is 8.59. The van der Waals surface area contributed by atoms with Crippen molar-refractivity contribution < 1.29 is 19.1 Å². The summed E-state index contributed by atoms with van der Waals surface area (Å²) in [6.07, 6.45) is 0.725. The molecule has 0 fully saturated rings. The van der Waals surface area contributed by atoms with Crippen LogP contribution in [0.5, 0.6) is 0 Å². The normalized spacial score (nSPS) is 11.9. The highest BCUT2D eigenvalue weighted by Crippen LogP contribution is 2.13. The third kappa shape index (κ3) is 6.38. The van der Waals surface area contributed by atoms with E-state index in [4.69, 9.17) is 4.74 Å². The van der Waals surface area contributed by atoms with E-state index in [0.29, 0.717) is 18.1 Å². The molecule has 0 saturated carbocycles. The minimum absolute atomic E-state index is 0.130. The molecule has 0 aliphatic carbocycles. The van der Waals surface area contributed by atoms with E-state index >= 15 is 0 Å². The summed E-state index contributed by atoms with van der Waals surface area (Å²) in [6.45, 7) is 4.09. The molecule has 0 amide bonds. The molecule has 0 aromatic heterocycles. The average molecular weight is 234 g/mol. The second-order valence-corrected chi connectivity index (χ2v) is 3.98. The Labute approximate surface area is 94.7 Å². The van der Waals surface area contributed by atoms with E-state index in [0.717, 1.165) is 6.42 Å². The Morgan fingerprint density at radius 3 is 2.47 bits per heavy atom. The van der Waals surface area contributed by atoms with Crippen molar-refractivity contribution in [3.63, 3.8) is 0 Å². The highest BCUT2D eigenvalue weighted by Gasteiger charge is 2.17. The number of methoxy groups -OCH3 is 1. The van der Waals surface area contributed by atoms with E-state index in [2.05, 4.69) is 4.74 Å². The zero-order chi connectivity index (χ0) is 11.7. The Hall–Kier alpha value is -0.710. The molecule has 0 N–H and O–H groups in total. The monoisotopic (exact) mass is 234 g/mol. The molecular formula is C10H18O4S. The van der Waals surface area contributed by atoms with Crippen LogP contribution in [-0.4, -0.2) is 37.2 Å². The van der Waals surface area contributed by atoms with Crippen molar-refractivity contribution >= 4 is 23.7 Å². The molecule has 0 heterocycles. The quantitative estimate of drug-likeness (QED) is 0.624. The van der Waals surface area contributed by atoms with E-state index < -0.39 is 0 Å². The van der Waals surface area contributed by atoms with E-state index in [1.165, 1.54) is 18.9 Å². The van der Waals surface area contributed by atoms with E-state index in [1.54, 1.807) is 6.92 Å². The molecule has 88 valence electrons. The van der Waals surface area contributed by atoms with Crippen LogP contribution in [0, 0.1) is 5.92 Å². The first-order chi connectivity index (χ1) is 7.15. The summed E-state index contributed by atoms with van der Waals surface area (Å²) in [5.74, 6) is 0.314. The van der Waals surface area contributed by atoms with Crippen molar-refractivity contribution in [2.24, 2.45) is 5.92 Å². The molecule has 0 aromatic carbocycles. The zero-order valence-electron chi connectivity index (χ0n) is 9.45. The minimum atomic E-state index is -0.234. The van der Waals surface area contributed by atoms with Crippen LogP contribution >= 0.6 is 11.8 Å². The fourth-order valence-corrected chi connectivity index (χ4v) is 2.03. The number of hydrogen-bond donors (Lipinski definition) is 0. The SMILES string of the molecule is CCOC(=O)CSCC(CC)C(=O)OC. The van der Waals surface area contributed by atoms with Gasteiger partial charge in [0.1, 0.15) is 0 Å². The number of hydrogen-bond acceptors (Lipinski definition) is 5. The molecule has 0 bridgehead atoms. The van der Waals surface area contributed by atoms with Gasteiger partial charge in [-0.1, -0.05) is 6.92 Å². The molecule has 0 saturated heterocycles. The van der Waals surface area contributed by atoms with Crippen LogP contribution in [0.1, 0.15) is 20.3 Å². The first kappa shape index (κ1) is 14.3. The van der Waals surface area contributed by atoms with Gasteiger partial charge in [-0.2, -0.15) is 0 Å². The molecule has 0 radical (unpaired) electrons. The standard InChI is InChI=1S/C10H18O4S/c1-4-8(10(12)13-3)6-15-7-9(11)14-5-2/h8H,4-7H2,1-3H3. The van der Waals surface area contributed by atoms with Gasteiger partial charge in [-0.15, -0.1) is 11.8 Å². The minimum Gasteiger partial charge on any atom is -0.469 e.